The van der Waals surface area contributed by atoms with E-state index >= 15 is 0 Å². The van der Waals surface area contributed by atoms with E-state index in [0.29, 0.717) is 17.3 Å². The molecule has 1 amide bonds. The van der Waals surface area contributed by atoms with Gasteiger partial charge < -0.3 is 5.32 Å². The van der Waals surface area contributed by atoms with E-state index in [4.69, 9.17) is 11.6 Å². The van der Waals surface area contributed by atoms with Crippen molar-refractivity contribution in [3.8, 4) is 0 Å². The minimum atomic E-state index is -0.242. The Morgan fingerprint density at radius 3 is 2.79 bits per heavy atom. The van der Waals surface area contributed by atoms with Crippen molar-refractivity contribution in [3.05, 3.63) is 34.4 Å². The smallest absolute Gasteiger partial charge is 0.271 e. The van der Waals surface area contributed by atoms with Crippen LogP contribution < -0.4 is 5.32 Å². The number of nitrogens with zero attached hydrogens (tertiary/aromatic N) is 4. The van der Waals surface area contributed by atoms with E-state index in [1.54, 1.807) is 7.05 Å². The average Bonchev–Trinajstić information content (AvgIpc) is 2.90. The Hall–Kier alpha value is -1.82. The van der Waals surface area contributed by atoms with Gasteiger partial charge in [0.05, 0.1) is 16.9 Å². The highest BCUT2D eigenvalue weighted by Crippen LogP contribution is 2.14. The second kappa shape index (κ2) is 5.44. The lowest BCUT2D eigenvalue weighted by Crippen LogP contribution is -2.25. The van der Waals surface area contributed by atoms with Crippen LogP contribution in [-0.2, 0) is 20.1 Å². The third kappa shape index (κ3) is 2.78. The molecule has 2 heterocycles. The normalized spacial score (nSPS) is 10.7. The molecule has 0 saturated carbocycles. The Labute approximate surface area is 116 Å². The molecular weight excluding hydrogens is 266 g/mol. The molecule has 0 atom stereocenters. The van der Waals surface area contributed by atoms with Crippen molar-refractivity contribution in [2.45, 2.75) is 26.9 Å². The molecule has 19 heavy (non-hydrogen) atoms. The largest absolute Gasteiger partial charge is 0.346 e. The molecule has 102 valence electrons. The summed E-state index contributed by atoms with van der Waals surface area (Å²) in [6, 6.07) is 0. The summed E-state index contributed by atoms with van der Waals surface area (Å²) < 4.78 is 3.30. The number of hydrogen-bond acceptors (Lipinski definition) is 3. The molecule has 6 nitrogen and oxygen atoms in total. The van der Waals surface area contributed by atoms with E-state index in [1.807, 2.05) is 24.7 Å². The molecule has 0 bridgehead atoms. The lowest BCUT2D eigenvalue weighted by atomic mass is 10.2. The molecule has 0 fully saturated rings. The first-order chi connectivity index (χ1) is 9.02. The van der Waals surface area contributed by atoms with Crippen LogP contribution in [0, 0.1) is 6.92 Å². The van der Waals surface area contributed by atoms with E-state index in [9.17, 15) is 4.79 Å². The zero-order valence-electron chi connectivity index (χ0n) is 11.1. The molecule has 0 aromatic carbocycles. The topological polar surface area (TPSA) is 64.7 Å². The van der Waals surface area contributed by atoms with Gasteiger partial charge in [-0.05, 0) is 13.8 Å². The van der Waals surface area contributed by atoms with Crippen molar-refractivity contribution in [1.29, 1.82) is 0 Å². The summed E-state index contributed by atoms with van der Waals surface area (Å²) in [5.74, 6) is -0.242. The molecule has 2 rings (SSSR count). The van der Waals surface area contributed by atoms with Gasteiger partial charge in [-0.25, -0.2) is 0 Å². The summed E-state index contributed by atoms with van der Waals surface area (Å²) in [7, 11) is 1.68. The van der Waals surface area contributed by atoms with Crippen LogP contribution in [0.2, 0.25) is 5.02 Å². The lowest BCUT2D eigenvalue weighted by Gasteiger charge is -2.05. The number of carbonyl (C=O) groups is 1. The fraction of sp³-hybridized carbons (Fsp3) is 0.417. The van der Waals surface area contributed by atoms with Crippen LogP contribution in [0.5, 0.6) is 0 Å². The minimum absolute atomic E-state index is 0.242. The van der Waals surface area contributed by atoms with E-state index < -0.39 is 0 Å². The van der Waals surface area contributed by atoms with Gasteiger partial charge in [0.1, 0.15) is 5.69 Å². The molecular formula is C12H16ClN5O. The molecule has 0 aliphatic rings. The van der Waals surface area contributed by atoms with Crippen LogP contribution in [0.25, 0.3) is 0 Å². The van der Waals surface area contributed by atoms with E-state index in [2.05, 4.69) is 15.5 Å². The fourth-order valence-electron chi connectivity index (χ4n) is 1.82. The van der Waals surface area contributed by atoms with Crippen molar-refractivity contribution >= 4 is 17.5 Å². The summed E-state index contributed by atoms with van der Waals surface area (Å²) in [5, 5.41) is 11.4. The van der Waals surface area contributed by atoms with Gasteiger partial charge in [0, 0.05) is 31.9 Å². The van der Waals surface area contributed by atoms with Gasteiger partial charge in [-0.15, -0.1) is 0 Å². The number of aryl methyl sites for hydroxylation is 3. The number of nitrogens with one attached hydrogen (secondary N) is 1. The number of rotatable bonds is 4. The second-order valence-corrected chi connectivity index (χ2v) is 4.65. The Kier molecular flexibility index (Phi) is 3.90. The standard InChI is InChI=1S/C12H16ClN5O/c1-4-18-7-9(8(2)16-18)5-14-12(19)11-10(13)6-15-17(11)3/h6-7H,4-5H2,1-3H3,(H,14,19). The van der Waals surface area contributed by atoms with Crippen LogP contribution in [0.15, 0.2) is 12.4 Å². The van der Waals surface area contributed by atoms with Gasteiger partial charge in [0.25, 0.3) is 5.91 Å². The number of amides is 1. The Balaban J connectivity index is 2.06. The summed E-state index contributed by atoms with van der Waals surface area (Å²) in [6.45, 7) is 5.17. The van der Waals surface area contributed by atoms with Crippen LogP contribution in [0.4, 0.5) is 0 Å². The summed E-state index contributed by atoms with van der Waals surface area (Å²) in [6.07, 6.45) is 3.39. The number of aromatic nitrogens is 4. The van der Waals surface area contributed by atoms with Crippen LogP contribution in [0.1, 0.15) is 28.7 Å². The number of halogens is 1. The first-order valence-electron chi connectivity index (χ1n) is 6.01. The lowest BCUT2D eigenvalue weighted by molar-refractivity contribution is 0.0941. The SMILES string of the molecule is CCn1cc(CNC(=O)c2c(Cl)cnn2C)c(C)n1. The average molecular weight is 282 g/mol. The van der Waals surface area contributed by atoms with E-state index in [0.717, 1.165) is 17.8 Å². The number of hydrogen-bond donors (Lipinski definition) is 1. The van der Waals surface area contributed by atoms with Crippen molar-refractivity contribution in [1.82, 2.24) is 24.9 Å². The Morgan fingerprint density at radius 2 is 2.26 bits per heavy atom. The maximum absolute atomic E-state index is 12.0. The molecule has 1 N–H and O–H groups in total. The molecule has 0 unspecified atom stereocenters. The highest BCUT2D eigenvalue weighted by atomic mass is 35.5. The monoisotopic (exact) mass is 281 g/mol. The third-order valence-corrected chi connectivity index (χ3v) is 3.20. The second-order valence-electron chi connectivity index (χ2n) is 4.24. The highest BCUT2D eigenvalue weighted by molar-refractivity contribution is 6.33. The summed E-state index contributed by atoms with van der Waals surface area (Å²) >= 11 is 5.92. The molecule has 7 heteroatoms. The van der Waals surface area contributed by atoms with Gasteiger partial charge in [-0.3, -0.25) is 14.2 Å². The highest BCUT2D eigenvalue weighted by Gasteiger charge is 2.15. The maximum atomic E-state index is 12.0. The molecule has 0 radical (unpaired) electrons. The van der Waals surface area contributed by atoms with Crippen molar-refractivity contribution < 1.29 is 4.79 Å². The molecule has 0 saturated heterocycles. The van der Waals surface area contributed by atoms with Gasteiger partial charge in [-0.1, -0.05) is 11.6 Å². The zero-order chi connectivity index (χ0) is 14.0. The first-order valence-corrected chi connectivity index (χ1v) is 6.39. The Morgan fingerprint density at radius 1 is 1.53 bits per heavy atom. The maximum Gasteiger partial charge on any atom is 0.271 e. The Bertz CT molecular complexity index is 582. The fourth-order valence-corrected chi connectivity index (χ4v) is 2.07. The van der Waals surface area contributed by atoms with Crippen LogP contribution in [0.3, 0.4) is 0 Å². The summed E-state index contributed by atoms with van der Waals surface area (Å²) in [5.41, 5.74) is 2.27. The van der Waals surface area contributed by atoms with E-state index in [1.165, 1.54) is 10.9 Å². The van der Waals surface area contributed by atoms with Crippen LogP contribution >= 0.6 is 11.6 Å². The zero-order valence-corrected chi connectivity index (χ0v) is 11.9. The van der Waals surface area contributed by atoms with Gasteiger partial charge in [0.15, 0.2) is 0 Å². The molecule has 2 aromatic heterocycles. The van der Waals surface area contributed by atoms with Crippen molar-refractivity contribution in [2.75, 3.05) is 0 Å². The first kappa shape index (κ1) is 13.6. The van der Waals surface area contributed by atoms with Crippen LogP contribution in [-0.4, -0.2) is 25.5 Å². The minimum Gasteiger partial charge on any atom is -0.346 e. The van der Waals surface area contributed by atoms with Crippen molar-refractivity contribution in [2.24, 2.45) is 7.05 Å². The number of carbonyl (C=O) groups excluding carboxylic acids is 1. The molecule has 0 aliphatic heterocycles. The van der Waals surface area contributed by atoms with Crippen molar-refractivity contribution in [3.63, 3.8) is 0 Å². The van der Waals surface area contributed by atoms with Gasteiger partial charge >= 0.3 is 0 Å². The molecule has 0 spiro atoms. The predicted molar refractivity (Wildman–Crippen MR) is 72.0 cm³/mol. The van der Waals surface area contributed by atoms with Gasteiger partial charge in [-0.2, -0.15) is 10.2 Å². The summed E-state index contributed by atoms with van der Waals surface area (Å²) in [4.78, 5) is 12.0. The molecule has 0 aliphatic carbocycles. The molecule has 2 aromatic rings. The third-order valence-electron chi connectivity index (χ3n) is 2.92. The quantitative estimate of drug-likeness (QED) is 0.924. The van der Waals surface area contributed by atoms with Gasteiger partial charge in [0.2, 0.25) is 0 Å². The van der Waals surface area contributed by atoms with E-state index in [-0.39, 0.29) is 5.91 Å². The predicted octanol–water partition coefficient (Wildman–Crippen LogP) is 1.53.